The first-order valence-electron chi connectivity index (χ1n) is 5.59. The van der Waals surface area contributed by atoms with Crippen LogP contribution in [0.4, 0.5) is 8.78 Å². The van der Waals surface area contributed by atoms with Crippen LogP contribution in [0.15, 0.2) is 29.4 Å². The van der Waals surface area contributed by atoms with Crippen molar-refractivity contribution in [3.8, 4) is 0 Å². The summed E-state index contributed by atoms with van der Waals surface area (Å²) in [6, 6.07) is 6.02. The average Bonchev–Trinajstić information content (AvgIpc) is 2.91. The van der Waals surface area contributed by atoms with Crippen molar-refractivity contribution in [3.63, 3.8) is 0 Å². The highest BCUT2D eigenvalue weighted by atomic mass is 32.2. The molecule has 0 saturated heterocycles. The van der Waals surface area contributed by atoms with E-state index < -0.39 is 12.2 Å². The van der Waals surface area contributed by atoms with Gasteiger partial charge in [-0.25, -0.2) is 18.4 Å². The first-order valence-corrected chi connectivity index (χ1v) is 6.82. The van der Waals surface area contributed by atoms with Crippen LogP contribution in [0.5, 0.6) is 0 Å². The monoisotopic (exact) mass is 267 g/mol. The van der Waals surface area contributed by atoms with Crippen LogP contribution in [0.25, 0.3) is 0 Å². The van der Waals surface area contributed by atoms with Gasteiger partial charge in [-0.15, -0.1) is 5.10 Å². The number of halogens is 2. The second-order valence-corrected chi connectivity index (χ2v) is 4.92. The molecule has 0 aliphatic carbocycles. The first-order chi connectivity index (χ1) is 8.70. The largest absolute Gasteiger partial charge is 0.239 e. The van der Waals surface area contributed by atoms with Gasteiger partial charge in [-0.1, -0.05) is 30.0 Å². The fraction of sp³-hybridized carbons (Fsp3) is 0.333. The van der Waals surface area contributed by atoms with E-state index in [-0.39, 0.29) is 12.2 Å². The van der Waals surface area contributed by atoms with Gasteiger partial charge in [-0.2, -0.15) is 0 Å². The van der Waals surface area contributed by atoms with Crippen molar-refractivity contribution in [1.29, 1.82) is 0 Å². The lowest BCUT2D eigenvalue weighted by Gasteiger charge is -2.12. The van der Waals surface area contributed by atoms with Gasteiger partial charge in [0, 0.05) is 12.0 Å². The lowest BCUT2D eigenvalue weighted by Crippen LogP contribution is -2.09. The molecule has 0 N–H and O–H groups in total. The molecule has 0 bridgehead atoms. The normalized spacial score (nSPS) is 22.2. The summed E-state index contributed by atoms with van der Waals surface area (Å²) in [7, 11) is 0. The van der Waals surface area contributed by atoms with Crippen molar-refractivity contribution in [2.45, 2.75) is 23.8 Å². The van der Waals surface area contributed by atoms with E-state index in [1.807, 2.05) is 6.26 Å². The number of thioether (sulfide) groups is 1. The van der Waals surface area contributed by atoms with Gasteiger partial charge in [0.1, 0.15) is 5.82 Å². The molecule has 0 fully saturated rings. The molecular formula is C12H11F2N3S. The van der Waals surface area contributed by atoms with E-state index in [1.165, 1.54) is 22.5 Å². The molecule has 1 aromatic heterocycles. The molecule has 2 heterocycles. The van der Waals surface area contributed by atoms with Gasteiger partial charge in [0.15, 0.2) is 12.0 Å². The minimum atomic E-state index is -1.18. The maximum atomic E-state index is 13.9. The zero-order valence-electron chi connectivity index (χ0n) is 9.68. The Morgan fingerprint density at radius 3 is 2.89 bits per heavy atom. The predicted molar refractivity (Wildman–Crippen MR) is 64.8 cm³/mol. The Kier molecular flexibility index (Phi) is 2.81. The number of alkyl halides is 1. The third-order valence-electron chi connectivity index (χ3n) is 3.09. The molecule has 0 spiro atoms. The summed E-state index contributed by atoms with van der Waals surface area (Å²) in [5.74, 6) is -0.0312. The summed E-state index contributed by atoms with van der Waals surface area (Å²) in [6.45, 7) is 0. The SMILES string of the molecule is CSc1nc2n(n1)[C@H](c1ccccc1F)C[C@@H]2F. The minimum absolute atomic E-state index is 0.199. The smallest absolute Gasteiger partial charge is 0.208 e. The van der Waals surface area contributed by atoms with Gasteiger partial charge in [0.05, 0.1) is 6.04 Å². The summed E-state index contributed by atoms with van der Waals surface area (Å²) < 4.78 is 29.1. The molecule has 18 heavy (non-hydrogen) atoms. The average molecular weight is 267 g/mol. The van der Waals surface area contributed by atoms with Crippen LogP contribution < -0.4 is 0 Å². The van der Waals surface area contributed by atoms with Gasteiger partial charge >= 0.3 is 0 Å². The molecular weight excluding hydrogens is 256 g/mol. The molecule has 3 rings (SSSR count). The molecule has 6 heteroatoms. The summed E-state index contributed by atoms with van der Waals surface area (Å²) in [5, 5.41) is 4.74. The topological polar surface area (TPSA) is 30.7 Å². The Labute approximate surface area is 107 Å². The lowest BCUT2D eigenvalue weighted by atomic mass is 10.0. The van der Waals surface area contributed by atoms with Crippen molar-refractivity contribution in [3.05, 3.63) is 41.5 Å². The molecule has 2 atom stereocenters. The standard InChI is InChI=1S/C12H11F2N3S/c1-18-12-15-11-9(14)6-10(17(11)16-12)7-4-2-3-5-8(7)13/h2-5,9-10H,6H2,1H3/t9-,10-/m0/s1. The maximum absolute atomic E-state index is 13.9. The Morgan fingerprint density at radius 2 is 2.17 bits per heavy atom. The van der Waals surface area contributed by atoms with E-state index >= 15 is 0 Å². The third kappa shape index (κ3) is 1.71. The Morgan fingerprint density at radius 1 is 1.39 bits per heavy atom. The van der Waals surface area contributed by atoms with Gasteiger partial charge in [0.25, 0.3) is 0 Å². The maximum Gasteiger partial charge on any atom is 0.208 e. The molecule has 3 nitrogen and oxygen atoms in total. The number of fused-ring (bicyclic) bond motifs is 1. The highest BCUT2D eigenvalue weighted by molar-refractivity contribution is 7.98. The van der Waals surface area contributed by atoms with E-state index in [1.54, 1.807) is 18.2 Å². The number of hydrogen-bond donors (Lipinski definition) is 0. The fourth-order valence-corrected chi connectivity index (χ4v) is 2.60. The van der Waals surface area contributed by atoms with Crippen LogP contribution in [-0.4, -0.2) is 21.0 Å². The van der Waals surface area contributed by atoms with Crippen molar-refractivity contribution < 1.29 is 8.78 Å². The molecule has 1 aromatic carbocycles. The summed E-state index contributed by atoms with van der Waals surface area (Å²) in [6.07, 6.45) is 0.851. The molecule has 1 aliphatic rings. The first kappa shape index (κ1) is 11.6. The van der Waals surface area contributed by atoms with E-state index in [0.717, 1.165) is 0 Å². The van der Waals surface area contributed by atoms with E-state index in [0.29, 0.717) is 16.5 Å². The van der Waals surface area contributed by atoms with Crippen molar-refractivity contribution >= 4 is 11.8 Å². The zero-order valence-corrected chi connectivity index (χ0v) is 10.5. The van der Waals surface area contributed by atoms with E-state index in [4.69, 9.17) is 0 Å². The van der Waals surface area contributed by atoms with Gasteiger partial charge in [-0.3, -0.25) is 0 Å². The van der Waals surface area contributed by atoms with Crippen LogP contribution in [0, 0.1) is 5.82 Å². The van der Waals surface area contributed by atoms with Crippen molar-refractivity contribution in [1.82, 2.24) is 14.8 Å². The lowest BCUT2D eigenvalue weighted by molar-refractivity contribution is 0.325. The minimum Gasteiger partial charge on any atom is -0.239 e. The highest BCUT2D eigenvalue weighted by Crippen LogP contribution is 2.40. The Bertz CT molecular complexity index is 584. The van der Waals surface area contributed by atoms with Gasteiger partial charge < -0.3 is 0 Å². The van der Waals surface area contributed by atoms with Crippen LogP contribution >= 0.6 is 11.8 Å². The zero-order chi connectivity index (χ0) is 12.7. The molecule has 1 aliphatic heterocycles. The number of rotatable bonds is 2. The highest BCUT2D eigenvalue weighted by Gasteiger charge is 2.36. The van der Waals surface area contributed by atoms with Crippen LogP contribution in [0.2, 0.25) is 0 Å². The van der Waals surface area contributed by atoms with Crippen molar-refractivity contribution in [2.75, 3.05) is 6.26 Å². The molecule has 0 unspecified atom stereocenters. The summed E-state index contributed by atoms with van der Waals surface area (Å²) in [4.78, 5) is 4.11. The quantitative estimate of drug-likeness (QED) is 0.783. The van der Waals surface area contributed by atoms with Gasteiger partial charge in [-0.05, 0) is 12.3 Å². The van der Waals surface area contributed by atoms with Crippen LogP contribution in [0.3, 0.4) is 0 Å². The van der Waals surface area contributed by atoms with Crippen LogP contribution in [0.1, 0.15) is 30.0 Å². The molecule has 0 amide bonds. The number of benzene rings is 1. The molecule has 0 radical (unpaired) electrons. The predicted octanol–water partition coefficient (Wildman–Crippen LogP) is 3.14. The second kappa shape index (κ2) is 4.35. The number of aromatic nitrogens is 3. The Hall–Kier alpha value is -1.43. The molecule has 0 saturated carbocycles. The second-order valence-electron chi connectivity index (χ2n) is 4.14. The van der Waals surface area contributed by atoms with Gasteiger partial charge in [0.2, 0.25) is 5.16 Å². The van der Waals surface area contributed by atoms with E-state index in [9.17, 15) is 8.78 Å². The van der Waals surface area contributed by atoms with Crippen molar-refractivity contribution in [2.24, 2.45) is 0 Å². The fourth-order valence-electron chi connectivity index (χ4n) is 2.25. The molecule has 94 valence electrons. The van der Waals surface area contributed by atoms with E-state index in [2.05, 4.69) is 10.1 Å². The summed E-state index contributed by atoms with van der Waals surface area (Å²) in [5.41, 5.74) is 0.469. The number of hydrogen-bond acceptors (Lipinski definition) is 3. The Balaban J connectivity index is 2.07. The number of nitrogens with zero attached hydrogens (tertiary/aromatic N) is 3. The molecule has 2 aromatic rings. The van der Waals surface area contributed by atoms with Crippen LogP contribution in [-0.2, 0) is 0 Å². The third-order valence-corrected chi connectivity index (χ3v) is 3.63. The summed E-state index contributed by atoms with van der Waals surface area (Å²) >= 11 is 1.35.